The van der Waals surface area contributed by atoms with E-state index in [0.717, 1.165) is 0 Å². The smallest absolute Gasteiger partial charge is 0.339 e. The number of amides is 2. The minimum absolute atomic E-state index is 0.0117. The van der Waals surface area contributed by atoms with Crippen LogP contribution in [-0.4, -0.2) is 49.1 Å². The number of methoxy groups -OCH3 is 3. The summed E-state index contributed by atoms with van der Waals surface area (Å²) in [6.07, 6.45) is 0. The van der Waals surface area contributed by atoms with Crippen LogP contribution in [0.1, 0.15) is 47.8 Å². The van der Waals surface area contributed by atoms with Crippen LogP contribution in [-0.2, 0) is 0 Å². The number of hydrogen-bond donors (Lipinski definition) is 3. The first-order chi connectivity index (χ1) is 18.4. The molecule has 0 aromatic heterocycles. The van der Waals surface area contributed by atoms with Crippen molar-refractivity contribution < 1.29 is 38.6 Å². The second-order valence-electron chi connectivity index (χ2n) is 8.62. The fourth-order valence-corrected chi connectivity index (χ4v) is 4.15. The van der Waals surface area contributed by atoms with Crippen LogP contribution in [0, 0.1) is 30.9 Å². The maximum absolute atomic E-state index is 13.4. The summed E-state index contributed by atoms with van der Waals surface area (Å²) in [7, 11) is 3.82. The number of carboxylic acid groups (broad SMARTS) is 1. The summed E-state index contributed by atoms with van der Waals surface area (Å²) < 4.78 is 15.9. The Balaban J connectivity index is 2.05. The summed E-state index contributed by atoms with van der Waals surface area (Å²) in [5.41, 5.74) is 1.35. The van der Waals surface area contributed by atoms with Gasteiger partial charge in [-0.3, -0.25) is 19.7 Å². The number of benzene rings is 3. The van der Waals surface area contributed by atoms with Gasteiger partial charge in [-0.1, -0.05) is 0 Å². The molecule has 0 aliphatic rings. The molecule has 0 spiro atoms. The van der Waals surface area contributed by atoms with Gasteiger partial charge in [0, 0.05) is 6.07 Å². The molecule has 3 aromatic rings. The zero-order valence-corrected chi connectivity index (χ0v) is 22.1. The number of nitro benzene ring substituents is 1. The monoisotopic (exact) mass is 537 g/mol. The average Bonchev–Trinajstić information content (AvgIpc) is 2.87. The van der Waals surface area contributed by atoms with Crippen LogP contribution in [0.5, 0.6) is 17.2 Å². The van der Waals surface area contributed by atoms with Gasteiger partial charge in [-0.2, -0.15) is 0 Å². The molecule has 3 aromatic carbocycles. The molecule has 0 aliphatic heterocycles. The average molecular weight is 538 g/mol. The molecule has 0 aliphatic carbocycles. The van der Waals surface area contributed by atoms with Crippen molar-refractivity contribution in [3.63, 3.8) is 0 Å². The Hall–Kier alpha value is -5.13. The lowest BCUT2D eigenvalue weighted by atomic mass is 10.0. The van der Waals surface area contributed by atoms with Crippen molar-refractivity contribution in [1.29, 1.82) is 0 Å². The highest BCUT2D eigenvalue weighted by Gasteiger charge is 2.26. The van der Waals surface area contributed by atoms with Gasteiger partial charge in [0.1, 0.15) is 5.56 Å². The number of carbonyl (C=O) groups is 3. The van der Waals surface area contributed by atoms with Crippen molar-refractivity contribution in [2.75, 3.05) is 32.0 Å². The molecule has 12 heteroatoms. The number of nitrogens with zero attached hydrogens (tertiary/aromatic N) is 1. The second-order valence-corrected chi connectivity index (χ2v) is 8.62. The first kappa shape index (κ1) is 28.4. The largest absolute Gasteiger partial charge is 0.494 e. The number of anilines is 2. The number of nitro groups is 1. The van der Waals surface area contributed by atoms with E-state index in [1.165, 1.54) is 45.6 Å². The number of carbonyl (C=O) groups excluding carboxylic acids is 2. The second kappa shape index (κ2) is 11.5. The normalized spacial score (nSPS) is 10.4. The van der Waals surface area contributed by atoms with Gasteiger partial charge in [-0.15, -0.1) is 0 Å². The highest BCUT2D eigenvalue weighted by atomic mass is 16.6. The molecule has 0 fully saturated rings. The number of carboxylic acids is 1. The van der Waals surface area contributed by atoms with E-state index in [-0.39, 0.29) is 51.0 Å². The summed E-state index contributed by atoms with van der Waals surface area (Å²) >= 11 is 0. The molecule has 204 valence electrons. The third-order valence-corrected chi connectivity index (χ3v) is 5.71. The van der Waals surface area contributed by atoms with Crippen LogP contribution in [0.25, 0.3) is 0 Å². The molecule has 39 heavy (non-hydrogen) atoms. The number of ether oxygens (including phenoxy) is 3. The highest BCUT2D eigenvalue weighted by Crippen LogP contribution is 2.36. The Kier molecular flexibility index (Phi) is 8.39. The summed E-state index contributed by atoms with van der Waals surface area (Å²) in [5.74, 6) is -2.84. The van der Waals surface area contributed by atoms with E-state index in [0.29, 0.717) is 16.7 Å². The van der Waals surface area contributed by atoms with Crippen molar-refractivity contribution >= 4 is 34.8 Å². The lowest BCUT2D eigenvalue weighted by Crippen LogP contribution is -2.18. The summed E-state index contributed by atoms with van der Waals surface area (Å²) in [4.78, 5) is 49.2. The predicted molar refractivity (Wildman–Crippen MR) is 143 cm³/mol. The van der Waals surface area contributed by atoms with E-state index in [2.05, 4.69) is 10.6 Å². The number of nitrogens with one attached hydrogen (secondary N) is 2. The quantitative estimate of drug-likeness (QED) is 0.258. The minimum Gasteiger partial charge on any atom is -0.494 e. The molecular weight excluding hydrogens is 510 g/mol. The summed E-state index contributed by atoms with van der Waals surface area (Å²) in [6, 6.07) is 8.82. The molecule has 0 saturated carbocycles. The third kappa shape index (κ3) is 5.90. The van der Waals surface area contributed by atoms with Crippen molar-refractivity contribution in [2.45, 2.75) is 20.8 Å². The Morgan fingerprint density at radius 2 is 1.08 bits per heavy atom. The van der Waals surface area contributed by atoms with E-state index in [1.54, 1.807) is 32.9 Å². The molecule has 0 saturated heterocycles. The van der Waals surface area contributed by atoms with E-state index in [1.807, 2.05) is 0 Å². The predicted octanol–water partition coefficient (Wildman–Crippen LogP) is 4.75. The Labute approximate surface area is 223 Å². The number of aryl methyl sites for hydroxylation is 3. The first-order valence-electron chi connectivity index (χ1n) is 11.5. The van der Waals surface area contributed by atoms with Gasteiger partial charge in [-0.25, -0.2) is 4.79 Å². The molecular formula is C27H27N3O9. The van der Waals surface area contributed by atoms with Gasteiger partial charge < -0.3 is 30.0 Å². The highest BCUT2D eigenvalue weighted by molar-refractivity contribution is 6.12. The molecule has 0 radical (unpaired) electrons. The maximum Gasteiger partial charge on any atom is 0.339 e. The Morgan fingerprint density at radius 3 is 1.49 bits per heavy atom. The molecule has 12 nitrogen and oxygen atoms in total. The van der Waals surface area contributed by atoms with Crippen molar-refractivity contribution in [2.24, 2.45) is 0 Å². The molecule has 0 atom stereocenters. The van der Waals surface area contributed by atoms with E-state index in [4.69, 9.17) is 14.2 Å². The fourth-order valence-electron chi connectivity index (χ4n) is 4.15. The van der Waals surface area contributed by atoms with Crippen LogP contribution in [0.2, 0.25) is 0 Å². The van der Waals surface area contributed by atoms with Crippen molar-refractivity contribution in [1.82, 2.24) is 0 Å². The Bertz CT molecular complexity index is 1500. The molecule has 3 rings (SSSR count). The lowest BCUT2D eigenvalue weighted by molar-refractivity contribution is -0.385. The number of rotatable bonds is 9. The Morgan fingerprint density at radius 1 is 0.692 bits per heavy atom. The molecule has 0 bridgehead atoms. The van der Waals surface area contributed by atoms with Crippen LogP contribution >= 0.6 is 0 Å². The van der Waals surface area contributed by atoms with Crippen LogP contribution < -0.4 is 24.8 Å². The van der Waals surface area contributed by atoms with Gasteiger partial charge in [-0.05, 0) is 67.8 Å². The van der Waals surface area contributed by atoms with E-state index < -0.39 is 22.7 Å². The molecule has 2 amide bonds. The lowest BCUT2D eigenvalue weighted by Gasteiger charge is -2.18. The maximum atomic E-state index is 13.4. The fraction of sp³-hybridized carbons (Fsp3) is 0.222. The van der Waals surface area contributed by atoms with E-state index in [9.17, 15) is 29.6 Å². The molecule has 3 N–H and O–H groups in total. The van der Waals surface area contributed by atoms with Crippen LogP contribution in [0.4, 0.5) is 17.1 Å². The number of aromatic carboxylic acids is 1. The zero-order valence-electron chi connectivity index (χ0n) is 22.1. The summed E-state index contributed by atoms with van der Waals surface area (Å²) in [6.45, 7) is 4.97. The van der Waals surface area contributed by atoms with Crippen molar-refractivity contribution in [3.8, 4) is 17.2 Å². The van der Waals surface area contributed by atoms with Gasteiger partial charge in [0.2, 0.25) is 5.75 Å². The van der Waals surface area contributed by atoms with Crippen molar-refractivity contribution in [3.05, 3.63) is 79.9 Å². The zero-order chi connectivity index (χ0) is 29.0. The van der Waals surface area contributed by atoms with Gasteiger partial charge in [0.25, 0.3) is 11.8 Å². The van der Waals surface area contributed by atoms with Gasteiger partial charge in [0.05, 0.1) is 48.8 Å². The molecule has 0 heterocycles. The van der Waals surface area contributed by atoms with Gasteiger partial charge >= 0.3 is 11.7 Å². The van der Waals surface area contributed by atoms with Crippen LogP contribution in [0.3, 0.4) is 0 Å². The van der Waals surface area contributed by atoms with Crippen LogP contribution in [0.15, 0.2) is 36.4 Å². The van der Waals surface area contributed by atoms with E-state index >= 15 is 0 Å². The number of hydrogen-bond acceptors (Lipinski definition) is 8. The topological polar surface area (TPSA) is 166 Å². The standard InChI is InChI=1S/C27H27N3O9/c1-13-7-16(25(31)29-20-11-14(2)9-18(27(33)34)23(20)38-5)22(37-4)19(10-13)28-26(32)17-8-15(3)12-21(30(35)36)24(17)39-6/h7-12H,1-6H3,(H,28,32)(H,29,31)(H,33,34). The van der Waals surface area contributed by atoms with Gasteiger partial charge in [0.15, 0.2) is 11.5 Å². The SMILES string of the molecule is COc1c(NC(=O)c2cc(C)cc(NC(=O)c3cc(C)cc([N+](=O)[O-])c3OC)c2OC)cc(C)cc1C(=O)O. The first-order valence-corrected chi connectivity index (χ1v) is 11.5. The third-order valence-electron chi connectivity index (χ3n) is 5.71. The molecule has 0 unspecified atom stereocenters. The minimum atomic E-state index is -1.23. The summed E-state index contributed by atoms with van der Waals surface area (Å²) in [5, 5.41) is 26.3.